The molecule has 1 unspecified atom stereocenters. The quantitative estimate of drug-likeness (QED) is 0.701. The molecule has 0 saturated heterocycles. The van der Waals surface area contributed by atoms with Gasteiger partial charge in [-0.05, 0) is 6.07 Å². The van der Waals surface area contributed by atoms with E-state index in [-0.39, 0.29) is 12.1 Å². The second kappa shape index (κ2) is 5.44. The summed E-state index contributed by atoms with van der Waals surface area (Å²) in [4.78, 5) is 22.2. The van der Waals surface area contributed by atoms with Gasteiger partial charge in [-0.15, -0.1) is 0 Å². The average Bonchev–Trinajstić information content (AvgIpc) is 2.68. The molecule has 1 atom stereocenters. The number of aromatic nitrogens is 2. The van der Waals surface area contributed by atoms with Gasteiger partial charge in [-0.25, -0.2) is 9.59 Å². The zero-order valence-electron chi connectivity index (χ0n) is 9.84. The monoisotopic (exact) mass is 242 g/mol. The number of carbonyl (C=O) groups excluding carboxylic acids is 2. The number of ether oxygens (including phenoxy) is 2. The van der Waals surface area contributed by atoms with Crippen molar-refractivity contribution in [1.29, 1.82) is 0 Å². The fourth-order valence-corrected chi connectivity index (χ4v) is 1.32. The van der Waals surface area contributed by atoms with E-state index in [1.807, 2.05) is 0 Å². The van der Waals surface area contributed by atoms with Crippen molar-refractivity contribution in [2.24, 2.45) is 7.05 Å². The van der Waals surface area contributed by atoms with Crippen LogP contribution >= 0.6 is 0 Å². The van der Waals surface area contributed by atoms with E-state index in [0.717, 1.165) is 0 Å². The minimum Gasteiger partial charge on any atom is -0.467 e. The Kier molecular flexibility index (Phi) is 4.22. The topological polar surface area (TPSA) is 90.6 Å². The maximum absolute atomic E-state index is 11.2. The molecule has 0 saturated carbocycles. The molecule has 1 aromatic heterocycles. The first kappa shape index (κ1) is 13.2. The molecule has 0 spiro atoms. The molecule has 0 radical (unpaired) electrons. The molecule has 94 valence electrons. The Balaban J connectivity index is 2.82. The third-order valence-corrected chi connectivity index (χ3v) is 2.25. The van der Waals surface area contributed by atoms with Crippen LogP contribution in [0.1, 0.15) is 16.2 Å². The smallest absolute Gasteiger partial charge is 0.358 e. The highest BCUT2D eigenvalue weighted by atomic mass is 16.5. The third-order valence-electron chi connectivity index (χ3n) is 2.25. The predicted molar refractivity (Wildman–Crippen MR) is 56.3 cm³/mol. The van der Waals surface area contributed by atoms with Gasteiger partial charge in [-0.1, -0.05) is 0 Å². The molecule has 0 amide bonds. The Morgan fingerprint density at radius 3 is 2.65 bits per heavy atom. The summed E-state index contributed by atoms with van der Waals surface area (Å²) in [6, 6.07) is 1.46. The zero-order chi connectivity index (χ0) is 13.0. The van der Waals surface area contributed by atoms with Crippen molar-refractivity contribution in [2.45, 2.75) is 12.5 Å². The van der Waals surface area contributed by atoms with Gasteiger partial charge in [0.05, 0.1) is 14.2 Å². The van der Waals surface area contributed by atoms with Crippen molar-refractivity contribution < 1.29 is 24.2 Å². The van der Waals surface area contributed by atoms with Gasteiger partial charge < -0.3 is 14.6 Å². The van der Waals surface area contributed by atoms with Crippen molar-refractivity contribution in [3.63, 3.8) is 0 Å². The number of esters is 2. The number of methoxy groups -OCH3 is 2. The van der Waals surface area contributed by atoms with Gasteiger partial charge in [-0.3, -0.25) is 4.68 Å². The largest absolute Gasteiger partial charge is 0.467 e. The molecule has 17 heavy (non-hydrogen) atoms. The van der Waals surface area contributed by atoms with E-state index < -0.39 is 18.0 Å². The summed E-state index contributed by atoms with van der Waals surface area (Å²) in [7, 11) is 4.04. The van der Waals surface area contributed by atoms with Gasteiger partial charge in [0.2, 0.25) is 0 Å². The molecule has 0 fully saturated rings. The van der Waals surface area contributed by atoms with Crippen molar-refractivity contribution in [3.05, 3.63) is 17.5 Å². The van der Waals surface area contributed by atoms with Gasteiger partial charge in [-0.2, -0.15) is 5.10 Å². The summed E-state index contributed by atoms with van der Waals surface area (Å²) >= 11 is 0. The zero-order valence-corrected chi connectivity index (χ0v) is 9.84. The molecule has 7 heteroatoms. The summed E-state index contributed by atoms with van der Waals surface area (Å²) in [6.45, 7) is 0. The van der Waals surface area contributed by atoms with E-state index >= 15 is 0 Å². The van der Waals surface area contributed by atoms with Crippen LogP contribution in [-0.2, 0) is 27.7 Å². The summed E-state index contributed by atoms with van der Waals surface area (Å²) < 4.78 is 10.3. The van der Waals surface area contributed by atoms with Crippen LogP contribution < -0.4 is 0 Å². The summed E-state index contributed by atoms with van der Waals surface area (Å²) in [6.07, 6.45) is -1.26. The lowest BCUT2D eigenvalue weighted by Gasteiger charge is -2.07. The van der Waals surface area contributed by atoms with Gasteiger partial charge >= 0.3 is 11.9 Å². The summed E-state index contributed by atoms with van der Waals surface area (Å²) in [5.41, 5.74) is 0.658. The minimum absolute atomic E-state index is 0.0210. The first-order valence-corrected chi connectivity index (χ1v) is 4.86. The molecule has 0 aliphatic rings. The number of hydrogen-bond acceptors (Lipinski definition) is 6. The molecule has 0 aliphatic heterocycles. The lowest BCUT2D eigenvalue weighted by molar-refractivity contribution is -0.150. The summed E-state index contributed by atoms with van der Waals surface area (Å²) in [5.74, 6) is -1.30. The number of carbonyl (C=O) groups is 2. The Hall–Kier alpha value is -1.89. The molecule has 0 aromatic carbocycles. The number of aryl methyl sites for hydroxylation is 1. The van der Waals surface area contributed by atoms with Crippen LogP contribution in [0.2, 0.25) is 0 Å². The molecule has 0 aliphatic carbocycles. The maximum atomic E-state index is 11.2. The Bertz CT molecular complexity index is 426. The van der Waals surface area contributed by atoms with Gasteiger partial charge in [0, 0.05) is 19.2 Å². The minimum atomic E-state index is -1.28. The van der Waals surface area contributed by atoms with Gasteiger partial charge in [0.15, 0.2) is 11.8 Å². The second-order valence-electron chi connectivity index (χ2n) is 3.38. The highest BCUT2D eigenvalue weighted by molar-refractivity contribution is 5.87. The fraction of sp³-hybridized carbons (Fsp3) is 0.500. The normalized spacial score (nSPS) is 12.0. The molecule has 1 aromatic rings. The third kappa shape index (κ3) is 3.04. The van der Waals surface area contributed by atoms with Gasteiger partial charge in [0.1, 0.15) is 0 Å². The first-order chi connectivity index (χ1) is 7.99. The predicted octanol–water partition coefficient (Wildman–Crippen LogP) is -0.717. The van der Waals surface area contributed by atoms with Crippen LogP contribution in [0.15, 0.2) is 6.07 Å². The van der Waals surface area contributed by atoms with Crippen LogP contribution in [0.25, 0.3) is 0 Å². The SMILES string of the molecule is COC(=O)c1cc(CC(O)C(=O)OC)n(C)n1. The standard InChI is InChI=1S/C10H14N2O5/c1-12-6(5-8(13)10(15)17-3)4-7(11-12)9(14)16-2/h4,8,13H,5H2,1-3H3. The van der Waals surface area contributed by atoms with Crippen LogP contribution in [0.5, 0.6) is 0 Å². The van der Waals surface area contributed by atoms with Crippen molar-refractivity contribution in [2.75, 3.05) is 14.2 Å². The molecular formula is C10H14N2O5. The first-order valence-electron chi connectivity index (χ1n) is 4.86. The summed E-state index contributed by atoms with van der Waals surface area (Å²) in [5, 5.41) is 13.4. The number of aliphatic hydroxyl groups excluding tert-OH is 1. The highest BCUT2D eigenvalue weighted by Crippen LogP contribution is 2.08. The molecule has 7 nitrogen and oxygen atoms in total. The van der Waals surface area contributed by atoms with Crippen LogP contribution in [0.3, 0.4) is 0 Å². The number of rotatable bonds is 4. The lowest BCUT2D eigenvalue weighted by Crippen LogP contribution is -2.25. The Morgan fingerprint density at radius 1 is 1.47 bits per heavy atom. The van der Waals surface area contributed by atoms with E-state index in [4.69, 9.17) is 0 Å². The van der Waals surface area contributed by atoms with Crippen LogP contribution in [0.4, 0.5) is 0 Å². The fourth-order valence-electron chi connectivity index (χ4n) is 1.32. The molecular weight excluding hydrogens is 228 g/mol. The number of nitrogens with zero attached hydrogens (tertiary/aromatic N) is 2. The van der Waals surface area contributed by atoms with Crippen molar-refractivity contribution in [3.8, 4) is 0 Å². The Labute approximate surface area is 97.9 Å². The van der Waals surface area contributed by atoms with E-state index in [1.165, 1.54) is 25.0 Å². The average molecular weight is 242 g/mol. The number of hydrogen-bond donors (Lipinski definition) is 1. The highest BCUT2D eigenvalue weighted by Gasteiger charge is 2.20. The van der Waals surface area contributed by atoms with Crippen LogP contribution in [-0.4, -0.2) is 47.1 Å². The van der Waals surface area contributed by atoms with E-state index in [0.29, 0.717) is 5.69 Å². The lowest BCUT2D eigenvalue weighted by atomic mass is 10.2. The van der Waals surface area contributed by atoms with Crippen LogP contribution in [0, 0.1) is 0 Å². The second-order valence-corrected chi connectivity index (χ2v) is 3.38. The van der Waals surface area contributed by atoms with E-state index in [9.17, 15) is 14.7 Å². The van der Waals surface area contributed by atoms with E-state index in [2.05, 4.69) is 14.6 Å². The molecule has 1 N–H and O–H groups in total. The van der Waals surface area contributed by atoms with Crippen molar-refractivity contribution >= 4 is 11.9 Å². The maximum Gasteiger partial charge on any atom is 0.358 e. The number of aliphatic hydroxyl groups is 1. The van der Waals surface area contributed by atoms with E-state index in [1.54, 1.807) is 7.05 Å². The molecule has 1 heterocycles. The van der Waals surface area contributed by atoms with Crippen molar-refractivity contribution in [1.82, 2.24) is 9.78 Å². The van der Waals surface area contributed by atoms with Gasteiger partial charge in [0.25, 0.3) is 0 Å². The molecule has 1 rings (SSSR count). The molecule has 0 bridgehead atoms. The Morgan fingerprint density at radius 2 is 2.12 bits per heavy atom.